The minimum Gasteiger partial charge on any atom is -0.504 e. The van der Waals surface area contributed by atoms with Crippen molar-refractivity contribution in [3.8, 4) is 34.5 Å². The standard InChI is InChI=1S/C34H41NO14/c1-5-17-8-7-9-18(12-17)10-11-46-31-26(36)20(14-24(45-4)28(31)38)33(43)47-16-25-27(37)29(39)30(40)34(49-25)48-23-15-21(35-6-2)19(32(41)42)13-22(23)44-3/h7-9,12-15,25,27,29-30,34-40H,5-6,10-11,16H2,1-4H3,(H,41,42)/t25-,27+,29-,30+,34+/m0/s1. The first-order valence-corrected chi connectivity index (χ1v) is 15.5. The number of methoxy groups -OCH3 is 2. The van der Waals surface area contributed by atoms with Gasteiger partial charge in [-0.2, -0.15) is 0 Å². The van der Waals surface area contributed by atoms with E-state index in [2.05, 4.69) is 5.32 Å². The van der Waals surface area contributed by atoms with Crippen LogP contribution in [-0.2, 0) is 22.3 Å². The second-order valence-corrected chi connectivity index (χ2v) is 11.0. The van der Waals surface area contributed by atoms with Crippen LogP contribution < -0.4 is 24.3 Å². The molecule has 0 saturated carbocycles. The summed E-state index contributed by atoms with van der Waals surface area (Å²) in [7, 11) is 2.51. The minimum atomic E-state index is -1.82. The molecule has 49 heavy (non-hydrogen) atoms. The number of benzene rings is 3. The van der Waals surface area contributed by atoms with Crippen molar-refractivity contribution in [2.75, 3.05) is 39.3 Å². The van der Waals surface area contributed by atoms with E-state index in [4.69, 9.17) is 28.4 Å². The van der Waals surface area contributed by atoms with Gasteiger partial charge in [0, 0.05) is 31.2 Å². The molecule has 1 saturated heterocycles. The molecule has 0 spiro atoms. The number of esters is 1. The van der Waals surface area contributed by atoms with Crippen LogP contribution >= 0.6 is 0 Å². The predicted octanol–water partition coefficient (Wildman–Crippen LogP) is 2.47. The Labute approximate surface area is 282 Å². The molecule has 1 aliphatic rings. The van der Waals surface area contributed by atoms with E-state index in [1.165, 1.54) is 26.4 Å². The normalized spacial score (nSPS) is 20.3. The van der Waals surface area contributed by atoms with Crippen LogP contribution in [0.25, 0.3) is 0 Å². The van der Waals surface area contributed by atoms with Crippen molar-refractivity contribution in [1.82, 2.24) is 0 Å². The van der Waals surface area contributed by atoms with Gasteiger partial charge in [-0.05, 0) is 24.5 Å². The first-order chi connectivity index (χ1) is 23.4. The van der Waals surface area contributed by atoms with Crippen molar-refractivity contribution >= 4 is 17.6 Å². The van der Waals surface area contributed by atoms with E-state index in [-0.39, 0.29) is 35.1 Å². The molecule has 15 heteroatoms. The maximum Gasteiger partial charge on any atom is 0.342 e. The topological polar surface area (TPSA) is 223 Å². The molecule has 3 aromatic carbocycles. The highest BCUT2D eigenvalue weighted by Gasteiger charge is 2.46. The highest BCUT2D eigenvalue weighted by molar-refractivity contribution is 5.96. The number of aliphatic hydroxyl groups excluding tert-OH is 3. The molecule has 1 heterocycles. The largest absolute Gasteiger partial charge is 0.504 e. The number of nitrogens with one attached hydrogen (secondary N) is 1. The second-order valence-electron chi connectivity index (χ2n) is 11.0. The van der Waals surface area contributed by atoms with Crippen LogP contribution in [0.4, 0.5) is 5.69 Å². The fourth-order valence-electron chi connectivity index (χ4n) is 5.18. The molecule has 4 rings (SSSR count). The quantitative estimate of drug-likeness (QED) is 0.114. The van der Waals surface area contributed by atoms with Crippen LogP contribution in [0.1, 0.15) is 45.7 Å². The summed E-state index contributed by atoms with van der Waals surface area (Å²) in [5.41, 5.74) is 1.74. The van der Waals surface area contributed by atoms with E-state index in [1.807, 2.05) is 31.2 Å². The fourth-order valence-corrected chi connectivity index (χ4v) is 5.18. The van der Waals surface area contributed by atoms with Gasteiger partial charge in [-0.3, -0.25) is 0 Å². The molecular formula is C34H41NO14. The lowest BCUT2D eigenvalue weighted by molar-refractivity contribution is -0.277. The van der Waals surface area contributed by atoms with Crippen LogP contribution in [0.5, 0.6) is 34.5 Å². The zero-order chi connectivity index (χ0) is 35.8. The van der Waals surface area contributed by atoms with Gasteiger partial charge in [-0.1, -0.05) is 31.2 Å². The lowest BCUT2D eigenvalue weighted by Crippen LogP contribution is -2.60. The average Bonchev–Trinajstić information content (AvgIpc) is 3.09. The minimum absolute atomic E-state index is 0.0253. The third-order valence-electron chi connectivity index (χ3n) is 7.86. The molecule has 7 N–H and O–H groups in total. The number of phenols is 2. The van der Waals surface area contributed by atoms with Crippen LogP contribution in [-0.4, -0.2) is 107 Å². The van der Waals surface area contributed by atoms with Gasteiger partial charge in [0.1, 0.15) is 36.6 Å². The number of aliphatic hydroxyl groups is 3. The van der Waals surface area contributed by atoms with Gasteiger partial charge in [0.05, 0.1) is 32.1 Å². The molecule has 1 fully saturated rings. The number of carbonyl (C=O) groups excluding carboxylic acids is 1. The number of phenolic OH excluding ortho intramolecular Hbond substituents is 2. The van der Waals surface area contributed by atoms with Gasteiger partial charge in [0.2, 0.25) is 17.8 Å². The summed E-state index contributed by atoms with van der Waals surface area (Å²) in [5.74, 6) is -4.28. The summed E-state index contributed by atoms with van der Waals surface area (Å²) in [4.78, 5) is 24.9. The summed E-state index contributed by atoms with van der Waals surface area (Å²) in [6.07, 6.45) is -7.15. The van der Waals surface area contributed by atoms with Crippen molar-refractivity contribution in [1.29, 1.82) is 0 Å². The highest BCUT2D eigenvalue weighted by Crippen LogP contribution is 2.46. The van der Waals surface area contributed by atoms with Crippen LogP contribution in [0.15, 0.2) is 42.5 Å². The van der Waals surface area contributed by atoms with Crippen LogP contribution in [0.3, 0.4) is 0 Å². The molecule has 0 amide bonds. The van der Waals surface area contributed by atoms with E-state index >= 15 is 0 Å². The Balaban J connectivity index is 1.49. The first kappa shape index (κ1) is 36.9. The Morgan fingerprint density at radius 3 is 2.20 bits per heavy atom. The Morgan fingerprint density at radius 1 is 0.857 bits per heavy atom. The number of hydrogen-bond donors (Lipinski definition) is 7. The number of aryl methyl sites for hydroxylation is 1. The maximum atomic E-state index is 13.2. The number of aromatic hydroxyl groups is 2. The van der Waals surface area contributed by atoms with E-state index in [9.17, 15) is 40.2 Å². The molecule has 0 aromatic heterocycles. The van der Waals surface area contributed by atoms with Gasteiger partial charge in [0.25, 0.3) is 0 Å². The number of aromatic carboxylic acids is 1. The van der Waals surface area contributed by atoms with Crippen LogP contribution in [0.2, 0.25) is 0 Å². The Morgan fingerprint density at radius 2 is 1.55 bits per heavy atom. The third kappa shape index (κ3) is 8.37. The summed E-state index contributed by atoms with van der Waals surface area (Å²) in [5, 5.41) is 65.9. The van der Waals surface area contributed by atoms with E-state index in [1.54, 1.807) is 6.92 Å². The van der Waals surface area contributed by atoms with Gasteiger partial charge in [0.15, 0.2) is 23.0 Å². The Kier molecular flexibility index (Phi) is 12.4. The molecule has 0 radical (unpaired) electrons. The predicted molar refractivity (Wildman–Crippen MR) is 173 cm³/mol. The summed E-state index contributed by atoms with van der Waals surface area (Å²) >= 11 is 0. The number of carboxylic acids is 1. The van der Waals surface area contributed by atoms with Gasteiger partial charge in [-0.15, -0.1) is 0 Å². The maximum absolute atomic E-state index is 13.2. The van der Waals surface area contributed by atoms with Crippen molar-refractivity contribution < 1.29 is 68.6 Å². The van der Waals surface area contributed by atoms with Gasteiger partial charge >= 0.3 is 11.9 Å². The molecule has 266 valence electrons. The summed E-state index contributed by atoms with van der Waals surface area (Å²) in [6.45, 7) is 3.51. The lowest BCUT2D eigenvalue weighted by Gasteiger charge is -2.40. The number of anilines is 1. The van der Waals surface area contributed by atoms with Crippen molar-refractivity contribution in [3.05, 3.63) is 64.7 Å². The van der Waals surface area contributed by atoms with E-state index in [0.29, 0.717) is 13.0 Å². The Bertz CT molecular complexity index is 1630. The number of hydrogen-bond acceptors (Lipinski definition) is 14. The average molecular weight is 688 g/mol. The third-order valence-corrected chi connectivity index (χ3v) is 7.86. The van der Waals surface area contributed by atoms with E-state index in [0.717, 1.165) is 23.6 Å². The Hall–Kier alpha value is -4.96. The zero-order valence-electron chi connectivity index (χ0n) is 27.4. The molecule has 3 aromatic rings. The molecular weight excluding hydrogens is 646 g/mol. The van der Waals surface area contributed by atoms with Gasteiger partial charge < -0.3 is 64.4 Å². The van der Waals surface area contributed by atoms with Crippen molar-refractivity contribution in [2.24, 2.45) is 0 Å². The molecule has 15 nitrogen and oxygen atoms in total. The molecule has 0 bridgehead atoms. The zero-order valence-corrected chi connectivity index (χ0v) is 27.4. The highest BCUT2D eigenvalue weighted by atomic mass is 16.7. The molecule has 0 aliphatic carbocycles. The van der Waals surface area contributed by atoms with Gasteiger partial charge in [-0.25, -0.2) is 9.59 Å². The fraction of sp³-hybridized carbons (Fsp3) is 0.412. The summed E-state index contributed by atoms with van der Waals surface area (Å²) < 4.78 is 32.8. The summed E-state index contributed by atoms with van der Waals surface area (Å²) in [6, 6.07) is 11.4. The monoisotopic (exact) mass is 687 g/mol. The molecule has 5 atom stereocenters. The molecule has 0 unspecified atom stereocenters. The number of carboxylic acid groups (broad SMARTS) is 1. The SMILES string of the molecule is CCNc1cc(O[C@@H]2O[C@@H](COC(=O)c3cc(OC)c(O)c(OCCc4cccc(CC)c4)c3O)[C@@H](O)[C@H](O)[C@H]2O)c(OC)cc1C(=O)O. The smallest absolute Gasteiger partial charge is 0.342 e. The number of ether oxygens (including phenoxy) is 6. The number of carbonyl (C=O) groups is 2. The van der Waals surface area contributed by atoms with Crippen LogP contribution in [0, 0.1) is 0 Å². The van der Waals surface area contributed by atoms with Crippen molar-refractivity contribution in [3.63, 3.8) is 0 Å². The second kappa shape index (κ2) is 16.4. The lowest BCUT2D eigenvalue weighted by atomic mass is 9.99. The molecule has 1 aliphatic heterocycles. The first-order valence-electron chi connectivity index (χ1n) is 15.5. The number of rotatable bonds is 15. The van der Waals surface area contributed by atoms with Crippen molar-refractivity contribution in [2.45, 2.75) is 57.4 Å². The van der Waals surface area contributed by atoms with E-state index < -0.39 is 72.1 Å².